The molecule has 0 radical (unpaired) electrons. The largest absolute Gasteiger partial charge is 0.494 e. The molecule has 2 aliphatic carbocycles. The number of rotatable bonds is 10. The van der Waals surface area contributed by atoms with E-state index in [1.807, 2.05) is 0 Å². The fourth-order valence-electron chi connectivity index (χ4n) is 7.09. The maximum absolute atomic E-state index is 5.68. The van der Waals surface area contributed by atoms with Gasteiger partial charge in [-0.1, -0.05) is 95.4 Å². The molecule has 4 aromatic rings. The van der Waals surface area contributed by atoms with Gasteiger partial charge in [-0.05, 0) is 116 Å². The monoisotopic (exact) mass is 696 g/mol. The second-order valence-electron chi connectivity index (χ2n) is 14.4. The molecule has 2 saturated carbocycles. The third-order valence-electron chi connectivity index (χ3n) is 10.6. The van der Waals surface area contributed by atoms with E-state index in [1.165, 1.54) is 88.2 Å². The topological polar surface area (TPSA) is 70.0 Å². The zero-order chi connectivity index (χ0) is 36.4. The molecule has 6 nitrogen and oxygen atoms in total. The lowest BCUT2D eigenvalue weighted by Crippen LogP contribution is -2.12. The molecule has 2 aliphatic rings. The van der Waals surface area contributed by atoms with Crippen molar-refractivity contribution >= 4 is 0 Å². The van der Waals surface area contributed by atoms with Crippen LogP contribution in [0.5, 0.6) is 11.5 Å². The van der Waals surface area contributed by atoms with Crippen LogP contribution in [-0.2, 0) is 0 Å². The van der Waals surface area contributed by atoms with Crippen LogP contribution in [0, 0.1) is 35.5 Å². The van der Waals surface area contributed by atoms with Gasteiger partial charge in [0.15, 0.2) is 11.5 Å². The van der Waals surface area contributed by atoms with Gasteiger partial charge in [0.25, 0.3) is 0 Å². The van der Waals surface area contributed by atoms with Crippen molar-refractivity contribution in [3.05, 3.63) is 107 Å². The van der Waals surface area contributed by atoms with Gasteiger partial charge in [0.1, 0.15) is 0 Å². The van der Waals surface area contributed by atoms with Crippen LogP contribution in [0.4, 0.5) is 0 Å². The molecule has 0 amide bonds. The second-order valence-corrected chi connectivity index (χ2v) is 14.4. The van der Waals surface area contributed by atoms with Crippen LogP contribution in [-0.4, -0.2) is 33.7 Å². The molecule has 0 saturated heterocycles. The summed E-state index contributed by atoms with van der Waals surface area (Å²) in [5, 5.41) is 0. The van der Waals surface area contributed by atoms with Crippen LogP contribution in [0.2, 0.25) is 0 Å². The first-order chi connectivity index (χ1) is 25.5. The van der Waals surface area contributed by atoms with Gasteiger partial charge in [-0.15, -0.1) is 0 Å². The number of hydrogen-bond donors (Lipinski definition) is 0. The number of unbranched alkanes of at least 4 members (excludes halogenated alkanes) is 3. The maximum atomic E-state index is 5.68. The number of aromatic nitrogens is 4. The van der Waals surface area contributed by atoms with Crippen LogP contribution >= 0.6 is 0 Å². The van der Waals surface area contributed by atoms with E-state index in [1.54, 1.807) is 31.9 Å². The highest BCUT2D eigenvalue weighted by atomic mass is 16.5. The Bertz CT molecular complexity index is 1730. The van der Waals surface area contributed by atoms with Gasteiger partial charge >= 0.3 is 0 Å². The molecule has 2 aromatic carbocycles. The minimum Gasteiger partial charge on any atom is -0.494 e. The SMILES string of the molecule is CCCCCCOc1cnc(C#Cc2ccc(C3CCC(CC)CC3)cc2)nc1.COc1cnc(C#Cc2ccc(C3CCC(C)CC3)cc2)nc1. The first-order valence-corrected chi connectivity index (χ1v) is 19.6. The Kier molecular flexibility index (Phi) is 15.6. The Morgan fingerprint density at radius 1 is 0.577 bits per heavy atom. The molecule has 0 N–H and O–H groups in total. The second kappa shape index (κ2) is 21.0. The normalized spacial score (nSPS) is 19.5. The summed E-state index contributed by atoms with van der Waals surface area (Å²) in [4.78, 5) is 16.9. The Labute approximate surface area is 312 Å². The van der Waals surface area contributed by atoms with Gasteiger partial charge in [0.2, 0.25) is 11.6 Å². The van der Waals surface area contributed by atoms with Gasteiger partial charge in [-0.25, -0.2) is 19.9 Å². The summed E-state index contributed by atoms with van der Waals surface area (Å²) >= 11 is 0. The lowest BCUT2D eigenvalue weighted by molar-refractivity contribution is 0.302. The van der Waals surface area contributed by atoms with Gasteiger partial charge in [-0.2, -0.15) is 0 Å². The van der Waals surface area contributed by atoms with E-state index in [4.69, 9.17) is 9.47 Å². The Morgan fingerprint density at radius 3 is 1.52 bits per heavy atom. The lowest BCUT2D eigenvalue weighted by Gasteiger charge is -2.28. The van der Waals surface area contributed by atoms with E-state index >= 15 is 0 Å². The fourth-order valence-corrected chi connectivity index (χ4v) is 7.09. The van der Waals surface area contributed by atoms with E-state index in [-0.39, 0.29) is 0 Å². The van der Waals surface area contributed by atoms with Crippen molar-refractivity contribution in [1.82, 2.24) is 19.9 Å². The lowest BCUT2D eigenvalue weighted by atomic mass is 9.78. The molecule has 52 heavy (non-hydrogen) atoms. The van der Waals surface area contributed by atoms with E-state index in [2.05, 4.69) is 113 Å². The molecule has 6 heteroatoms. The first kappa shape index (κ1) is 38.5. The summed E-state index contributed by atoms with van der Waals surface area (Å²) < 4.78 is 10.7. The van der Waals surface area contributed by atoms with Gasteiger partial charge in [-0.3, -0.25) is 0 Å². The van der Waals surface area contributed by atoms with Crippen molar-refractivity contribution in [2.24, 2.45) is 11.8 Å². The summed E-state index contributed by atoms with van der Waals surface area (Å²) in [6.07, 6.45) is 23.5. The van der Waals surface area contributed by atoms with E-state index in [0.29, 0.717) is 23.1 Å². The molecular formula is C46H56N4O2. The quantitative estimate of drug-likeness (QED) is 0.121. The zero-order valence-corrected chi connectivity index (χ0v) is 31.7. The van der Waals surface area contributed by atoms with Crippen molar-refractivity contribution in [3.63, 3.8) is 0 Å². The van der Waals surface area contributed by atoms with Gasteiger partial charge < -0.3 is 9.47 Å². The van der Waals surface area contributed by atoms with Crippen LogP contribution in [0.3, 0.4) is 0 Å². The summed E-state index contributed by atoms with van der Waals surface area (Å²) in [5.74, 6) is 18.0. The van der Waals surface area contributed by atoms with Crippen molar-refractivity contribution in [3.8, 4) is 35.2 Å². The van der Waals surface area contributed by atoms with Crippen molar-refractivity contribution < 1.29 is 9.47 Å². The third-order valence-corrected chi connectivity index (χ3v) is 10.6. The molecule has 0 atom stereocenters. The van der Waals surface area contributed by atoms with Crippen LogP contribution < -0.4 is 9.47 Å². The number of ether oxygens (including phenoxy) is 2. The molecule has 2 fully saturated rings. The van der Waals surface area contributed by atoms with Gasteiger partial charge in [0.05, 0.1) is 38.5 Å². The predicted octanol–water partition coefficient (Wildman–Crippen LogP) is 10.7. The summed E-state index contributed by atoms with van der Waals surface area (Å²) in [6.45, 7) is 7.61. The summed E-state index contributed by atoms with van der Waals surface area (Å²) in [5.41, 5.74) is 4.91. The smallest absolute Gasteiger partial charge is 0.205 e. The number of nitrogens with zero attached hydrogens (tertiary/aromatic N) is 4. The average molecular weight is 697 g/mol. The molecule has 272 valence electrons. The molecule has 2 aromatic heterocycles. The average Bonchev–Trinajstić information content (AvgIpc) is 3.21. The zero-order valence-electron chi connectivity index (χ0n) is 31.7. The van der Waals surface area contributed by atoms with Gasteiger partial charge in [0, 0.05) is 11.1 Å². The standard InChI is InChI=1S/C26H34N2O.C20H22N2O/c1-3-5-6-7-18-29-25-19-27-26(28-20-25)17-12-22-10-15-24(16-11-22)23-13-8-21(4-2)9-14-23;1-15-3-8-17(9-4-15)18-10-5-16(6-11-18)7-12-20-21-13-19(23-2)14-22-20/h10-11,15-16,19-21,23H,3-9,13-14,18H2,1-2H3;5-6,10-11,13-15,17H,3-4,8-9H2,1-2H3. The summed E-state index contributed by atoms with van der Waals surface area (Å²) in [7, 11) is 1.60. The third kappa shape index (κ3) is 12.5. The van der Waals surface area contributed by atoms with E-state index in [9.17, 15) is 0 Å². The minimum atomic E-state index is 0.510. The Hall–Kier alpha value is -4.68. The number of hydrogen-bond acceptors (Lipinski definition) is 6. The Balaban J connectivity index is 0.000000206. The molecular weight excluding hydrogens is 641 g/mol. The Morgan fingerprint density at radius 2 is 1.06 bits per heavy atom. The molecule has 0 unspecified atom stereocenters. The molecule has 0 aliphatic heterocycles. The predicted molar refractivity (Wildman–Crippen MR) is 210 cm³/mol. The van der Waals surface area contributed by atoms with Crippen molar-refractivity contribution in [2.45, 2.75) is 116 Å². The molecule has 2 heterocycles. The highest BCUT2D eigenvalue weighted by Crippen LogP contribution is 2.37. The van der Waals surface area contributed by atoms with Crippen LogP contribution in [0.1, 0.15) is 150 Å². The molecule has 0 bridgehead atoms. The number of methoxy groups -OCH3 is 1. The molecule has 6 rings (SSSR count). The van der Waals surface area contributed by atoms with E-state index in [0.717, 1.165) is 47.8 Å². The highest BCUT2D eigenvalue weighted by Gasteiger charge is 2.21. The number of benzene rings is 2. The van der Waals surface area contributed by atoms with Crippen LogP contribution in [0.15, 0.2) is 73.3 Å². The van der Waals surface area contributed by atoms with Crippen molar-refractivity contribution in [2.75, 3.05) is 13.7 Å². The molecule has 0 spiro atoms. The van der Waals surface area contributed by atoms with E-state index < -0.39 is 0 Å². The highest BCUT2D eigenvalue weighted by molar-refractivity contribution is 5.41. The fraction of sp³-hybridized carbons (Fsp3) is 0.478. The summed E-state index contributed by atoms with van der Waals surface area (Å²) in [6, 6.07) is 17.4. The first-order valence-electron chi connectivity index (χ1n) is 19.6. The maximum Gasteiger partial charge on any atom is 0.205 e. The minimum absolute atomic E-state index is 0.510. The van der Waals surface area contributed by atoms with Crippen LogP contribution in [0.25, 0.3) is 0 Å². The van der Waals surface area contributed by atoms with Crippen molar-refractivity contribution in [1.29, 1.82) is 0 Å².